The predicted octanol–water partition coefficient (Wildman–Crippen LogP) is 0.888. The van der Waals surface area contributed by atoms with Crippen molar-refractivity contribution in [3.63, 3.8) is 0 Å². The summed E-state index contributed by atoms with van der Waals surface area (Å²) in [5, 5.41) is 4.84. The van der Waals surface area contributed by atoms with Gasteiger partial charge in [0, 0.05) is 6.92 Å². The van der Waals surface area contributed by atoms with Gasteiger partial charge in [0.25, 0.3) is 5.91 Å². The van der Waals surface area contributed by atoms with Crippen LogP contribution in [0.25, 0.3) is 0 Å². The lowest BCUT2D eigenvalue weighted by molar-refractivity contribution is -0.142. The van der Waals surface area contributed by atoms with Crippen LogP contribution in [0.4, 0.5) is 5.69 Å². The molecule has 1 fully saturated rings. The standard InChI is InChI=1S/C18H19N3O5/c1-5-11-6-8-12(9-7-11)20-15(23)13-14(16(24)26-4)19-21(10(2)22)18(13,3)17(20)25/h6-9,13H,5H2,1-4H3. The molecule has 0 spiro atoms. The number of nitrogens with zero attached hydrogens (tertiary/aromatic N) is 3. The lowest BCUT2D eigenvalue weighted by atomic mass is 9.85. The lowest BCUT2D eigenvalue weighted by Gasteiger charge is -2.28. The van der Waals surface area contributed by atoms with Crippen LogP contribution in [0.1, 0.15) is 26.3 Å². The number of fused-ring (bicyclic) bond motifs is 1. The molecule has 3 rings (SSSR count). The first kappa shape index (κ1) is 17.8. The van der Waals surface area contributed by atoms with Gasteiger partial charge in [0.15, 0.2) is 11.3 Å². The SMILES string of the molecule is CCc1ccc(N2C(=O)C3C(C(=O)OC)=NN(C(C)=O)C3(C)C2=O)cc1. The van der Waals surface area contributed by atoms with Gasteiger partial charge in [-0.3, -0.25) is 14.4 Å². The Morgan fingerprint density at radius 1 is 1.23 bits per heavy atom. The number of hydrazone groups is 1. The Morgan fingerprint density at radius 3 is 2.35 bits per heavy atom. The number of carbonyl (C=O) groups excluding carboxylic acids is 4. The minimum Gasteiger partial charge on any atom is -0.464 e. The summed E-state index contributed by atoms with van der Waals surface area (Å²) in [4.78, 5) is 51.3. The first-order valence-electron chi connectivity index (χ1n) is 8.22. The fraction of sp³-hybridized carbons (Fsp3) is 0.389. The van der Waals surface area contributed by atoms with Crippen LogP contribution in [0.5, 0.6) is 0 Å². The van der Waals surface area contributed by atoms with E-state index < -0.39 is 35.1 Å². The molecule has 2 aliphatic heterocycles. The van der Waals surface area contributed by atoms with Crippen molar-refractivity contribution in [1.29, 1.82) is 0 Å². The molecular formula is C18H19N3O5. The molecule has 136 valence electrons. The first-order chi connectivity index (χ1) is 12.3. The van der Waals surface area contributed by atoms with E-state index in [4.69, 9.17) is 0 Å². The van der Waals surface area contributed by atoms with E-state index in [2.05, 4.69) is 9.84 Å². The van der Waals surface area contributed by atoms with Crippen molar-refractivity contribution in [1.82, 2.24) is 5.01 Å². The lowest BCUT2D eigenvalue weighted by Crippen LogP contribution is -2.52. The molecule has 2 unspecified atom stereocenters. The number of methoxy groups -OCH3 is 1. The predicted molar refractivity (Wildman–Crippen MR) is 92.2 cm³/mol. The second kappa shape index (κ2) is 6.05. The van der Waals surface area contributed by atoms with E-state index in [1.54, 1.807) is 12.1 Å². The van der Waals surface area contributed by atoms with E-state index in [9.17, 15) is 19.2 Å². The van der Waals surface area contributed by atoms with Gasteiger partial charge in [-0.15, -0.1) is 0 Å². The van der Waals surface area contributed by atoms with E-state index >= 15 is 0 Å². The third kappa shape index (κ3) is 2.25. The van der Waals surface area contributed by atoms with E-state index in [0.29, 0.717) is 5.69 Å². The summed E-state index contributed by atoms with van der Waals surface area (Å²) in [5.74, 6) is -3.78. The quantitative estimate of drug-likeness (QED) is 0.591. The Balaban J connectivity index is 2.10. The van der Waals surface area contributed by atoms with Crippen LogP contribution in [0.3, 0.4) is 0 Å². The van der Waals surface area contributed by atoms with Crippen LogP contribution in [-0.2, 0) is 30.3 Å². The minimum atomic E-state index is -1.59. The molecule has 0 bridgehead atoms. The van der Waals surface area contributed by atoms with Gasteiger partial charge in [0.2, 0.25) is 11.8 Å². The molecule has 0 saturated carbocycles. The zero-order chi connectivity index (χ0) is 19.2. The highest BCUT2D eigenvalue weighted by Crippen LogP contribution is 2.43. The van der Waals surface area contributed by atoms with Gasteiger partial charge >= 0.3 is 5.97 Å². The Labute approximate surface area is 150 Å². The van der Waals surface area contributed by atoms with Crippen LogP contribution >= 0.6 is 0 Å². The Hall–Kier alpha value is -3.03. The number of aryl methyl sites for hydroxylation is 1. The number of ether oxygens (including phenoxy) is 1. The maximum atomic E-state index is 13.1. The average Bonchev–Trinajstić information content (AvgIpc) is 3.05. The number of amides is 3. The molecule has 0 aromatic heterocycles. The summed E-state index contributed by atoms with van der Waals surface area (Å²) >= 11 is 0. The highest BCUT2D eigenvalue weighted by molar-refractivity contribution is 6.47. The van der Waals surface area contributed by atoms with Gasteiger partial charge in [0.1, 0.15) is 5.92 Å². The Morgan fingerprint density at radius 2 is 1.85 bits per heavy atom. The zero-order valence-electron chi connectivity index (χ0n) is 15.0. The van der Waals surface area contributed by atoms with Crippen LogP contribution < -0.4 is 4.90 Å². The molecule has 2 atom stereocenters. The molecule has 2 aliphatic rings. The number of anilines is 1. The maximum Gasteiger partial charge on any atom is 0.355 e. The molecule has 1 aromatic rings. The normalized spacial score (nSPS) is 24.6. The van der Waals surface area contributed by atoms with Gasteiger partial charge < -0.3 is 4.74 Å². The summed E-state index contributed by atoms with van der Waals surface area (Å²) in [6, 6.07) is 6.99. The minimum absolute atomic E-state index is 0.240. The Bertz CT molecular complexity index is 845. The molecule has 0 radical (unpaired) electrons. The summed E-state index contributed by atoms with van der Waals surface area (Å²) < 4.78 is 4.68. The van der Waals surface area contributed by atoms with Crippen LogP contribution in [-0.4, -0.2) is 47.1 Å². The fourth-order valence-corrected chi connectivity index (χ4v) is 3.47. The van der Waals surface area contributed by atoms with E-state index in [0.717, 1.165) is 29.0 Å². The monoisotopic (exact) mass is 357 g/mol. The third-order valence-electron chi connectivity index (χ3n) is 4.88. The van der Waals surface area contributed by atoms with E-state index in [1.807, 2.05) is 19.1 Å². The van der Waals surface area contributed by atoms with E-state index in [1.165, 1.54) is 13.8 Å². The van der Waals surface area contributed by atoms with Gasteiger partial charge in [-0.05, 0) is 31.0 Å². The number of imide groups is 1. The van der Waals surface area contributed by atoms with Gasteiger partial charge in [-0.1, -0.05) is 19.1 Å². The van der Waals surface area contributed by atoms with Crippen LogP contribution in [0.15, 0.2) is 29.4 Å². The molecule has 0 N–H and O–H groups in total. The molecule has 1 aromatic carbocycles. The molecule has 1 saturated heterocycles. The summed E-state index contributed by atoms with van der Waals surface area (Å²) in [7, 11) is 1.15. The molecule has 8 nitrogen and oxygen atoms in total. The zero-order valence-corrected chi connectivity index (χ0v) is 15.0. The van der Waals surface area contributed by atoms with Crippen molar-refractivity contribution in [2.45, 2.75) is 32.7 Å². The van der Waals surface area contributed by atoms with Crippen LogP contribution in [0, 0.1) is 5.92 Å². The summed E-state index contributed by atoms with van der Waals surface area (Å²) in [6.45, 7) is 4.66. The topological polar surface area (TPSA) is 96.3 Å². The smallest absolute Gasteiger partial charge is 0.355 e. The average molecular weight is 357 g/mol. The molecule has 2 heterocycles. The van der Waals surface area contributed by atoms with Crippen LogP contribution in [0.2, 0.25) is 0 Å². The molecular weight excluding hydrogens is 338 g/mol. The van der Waals surface area contributed by atoms with Gasteiger partial charge in [0.05, 0.1) is 12.8 Å². The second-order valence-corrected chi connectivity index (χ2v) is 6.39. The highest BCUT2D eigenvalue weighted by atomic mass is 16.5. The summed E-state index contributed by atoms with van der Waals surface area (Å²) in [5.41, 5.74) is -0.381. The first-order valence-corrected chi connectivity index (χ1v) is 8.22. The van der Waals surface area contributed by atoms with Gasteiger partial charge in [-0.25, -0.2) is 14.7 Å². The number of hydrogen-bond acceptors (Lipinski definition) is 6. The molecule has 26 heavy (non-hydrogen) atoms. The van der Waals surface area contributed by atoms with Crippen molar-refractivity contribution < 1.29 is 23.9 Å². The number of carbonyl (C=O) groups is 4. The number of esters is 1. The molecule has 8 heteroatoms. The highest BCUT2D eigenvalue weighted by Gasteiger charge is 2.67. The Kier molecular flexibility index (Phi) is 4.14. The van der Waals surface area contributed by atoms with E-state index in [-0.39, 0.29) is 5.71 Å². The summed E-state index contributed by atoms with van der Waals surface area (Å²) in [6.07, 6.45) is 0.819. The largest absolute Gasteiger partial charge is 0.464 e. The van der Waals surface area contributed by atoms with Crippen molar-refractivity contribution in [3.05, 3.63) is 29.8 Å². The maximum absolute atomic E-state index is 13.1. The number of benzene rings is 1. The van der Waals surface area contributed by atoms with Crippen molar-refractivity contribution in [2.75, 3.05) is 12.0 Å². The number of rotatable bonds is 3. The van der Waals surface area contributed by atoms with Crippen molar-refractivity contribution >= 4 is 35.1 Å². The third-order valence-corrected chi connectivity index (χ3v) is 4.88. The van der Waals surface area contributed by atoms with Gasteiger partial charge in [-0.2, -0.15) is 5.10 Å². The van der Waals surface area contributed by atoms with Crippen molar-refractivity contribution in [3.8, 4) is 0 Å². The second-order valence-electron chi connectivity index (χ2n) is 6.39. The fourth-order valence-electron chi connectivity index (χ4n) is 3.47. The molecule has 3 amide bonds. The van der Waals surface area contributed by atoms with Crippen molar-refractivity contribution in [2.24, 2.45) is 11.0 Å². The number of hydrogen-bond donors (Lipinski definition) is 0. The molecule has 0 aliphatic carbocycles.